The zero-order valence-electron chi connectivity index (χ0n) is 14.4. The number of urea groups is 1. The van der Waals surface area contributed by atoms with Crippen molar-refractivity contribution >= 4 is 17.8 Å². The lowest BCUT2D eigenvalue weighted by atomic mass is 9.97. The van der Waals surface area contributed by atoms with Crippen LogP contribution in [0.3, 0.4) is 0 Å². The topological polar surface area (TPSA) is 56.8 Å². The first-order chi connectivity index (χ1) is 11.5. The summed E-state index contributed by atoms with van der Waals surface area (Å²) < 4.78 is 0. The van der Waals surface area contributed by atoms with E-state index in [1.807, 2.05) is 32.0 Å². The van der Waals surface area contributed by atoms with E-state index in [0.717, 1.165) is 50.3 Å². The number of fused-ring (bicyclic) bond motifs is 1. The standard InChI is InChI=1S/C18H24N4O2/c1-13-5-3-6-15(19-13)20-11-7-14(8-12-20)22-16(23)18(2)9-4-10-21(18)17(22)24/h3,5-6,14H,4,7-12H2,1-2H3/t18-/m1/s1. The van der Waals surface area contributed by atoms with Crippen LogP contribution in [0.15, 0.2) is 18.2 Å². The van der Waals surface area contributed by atoms with Crippen molar-refractivity contribution in [2.45, 2.75) is 51.1 Å². The van der Waals surface area contributed by atoms with Gasteiger partial charge >= 0.3 is 6.03 Å². The predicted molar refractivity (Wildman–Crippen MR) is 90.8 cm³/mol. The van der Waals surface area contributed by atoms with Crippen molar-refractivity contribution in [2.24, 2.45) is 0 Å². The van der Waals surface area contributed by atoms with E-state index in [1.54, 1.807) is 9.80 Å². The van der Waals surface area contributed by atoms with E-state index in [-0.39, 0.29) is 18.0 Å². The number of aryl methyl sites for hydroxylation is 1. The van der Waals surface area contributed by atoms with Crippen LogP contribution in [-0.4, -0.2) is 57.9 Å². The Bertz CT molecular complexity index is 683. The SMILES string of the molecule is Cc1cccc(N2CCC(N3C(=O)N4CCC[C@]4(C)C3=O)CC2)n1. The van der Waals surface area contributed by atoms with Crippen molar-refractivity contribution in [3.8, 4) is 0 Å². The van der Waals surface area contributed by atoms with Crippen molar-refractivity contribution in [1.82, 2.24) is 14.8 Å². The van der Waals surface area contributed by atoms with Crippen LogP contribution < -0.4 is 4.90 Å². The minimum absolute atomic E-state index is 0.0112. The predicted octanol–water partition coefficient (Wildman–Crippen LogP) is 2.18. The number of imide groups is 1. The largest absolute Gasteiger partial charge is 0.356 e. The summed E-state index contributed by atoms with van der Waals surface area (Å²) in [4.78, 5) is 35.7. The van der Waals surface area contributed by atoms with Crippen LogP contribution in [0.1, 0.15) is 38.3 Å². The molecule has 24 heavy (non-hydrogen) atoms. The minimum Gasteiger partial charge on any atom is -0.356 e. The molecule has 3 fully saturated rings. The van der Waals surface area contributed by atoms with Crippen LogP contribution in [-0.2, 0) is 4.79 Å². The van der Waals surface area contributed by atoms with E-state index in [9.17, 15) is 9.59 Å². The van der Waals surface area contributed by atoms with Crippen molar-refractivity contribution in [1.29, 1.82) is 0 Å². The number of hydrogen-bond acceptors (Lipinski definition) is 4. The Hall–Kier alpha value is -2.11. The monoisotopic (exact) mass is 328 g/mol. The fraction of sp³-hybridized carbons (Fsp3) is 0.611. The Labute approximate surface area is 142 Å². The van der Waals surface area contributed by atoms with Gasteiger partial charge in [0.1, 0.15) is 11.4 Å². The number of carbonyl (C=O) groups is 2. The molecular formula is C18H24N4O2. The molecule has 0 N–H and O–H groups in total. The minimum atomic E-state index is -0.591. The molecule has 1 atom stereocenters. The Balaban J connectivity index is 1.47. The molecular weight excluding hydrogens is 304 g/mol. The summed E-state index contributed by atoms with van der Waals surface area (Å²) in [5, 5.41) is 0. The normalized spacial score (nSPS) is 28.0. The third-order valence-corrected chi connectivity index (χ3v) is 5.78. The van der Waals surface area contributed by atoms with Gasteiger partial charge in [0.15, 0.2) is 0 Å². The summed E-state index contributed by atoms with van der Waals surface area (Å²) in [7, 11) is 0. The number of amides is 3. The molecule has 0 saturated carbocycles. The fourth-order valence-corrected chi connectivity index (χ4v) is 4.35. The van der Waals surface area contributed by atoms with E-state index in [1.165, 1.54) is 0 Å². The number of piperidine rings is 1. The summed E-state index contributed by atoms with van der Waals surface area (Å²) >= 11 is 0. The third kappa shape index (κ3) is 2.19. The van der Waals surface area contributed by atoms with Crippen LogP contribution in [0.25, 0.3) is 0 Å². The van der Waals surface area contributed by atoms with Gasteiger partial charge in [-0.2, -0.15) is 0 Å². The van der Waals surface area contributed by atoms with Gasteiger partial charge < -0.3 is 9.80 Å². The lowest BCUT2D eigenvalue weighted by molar-refractivity contribution is -0.133. The zero-order chi connectivity index (χ0) is 16.9. The van der Waals surface area contributed by atoms with Gasteiger partial charge in [-0.15, -0.1) is 0 Å². The first-order valence-electron chi connectivity index (χ1n) is 8.84. The number of carbonyl (C=O) groups excluding carboxylic acids is 2. The molecule has 0 spiro atoms. The number of nitrogens with zero attached hydrogens (tertiary/aromatic N) is 4. The molecule has 0 aromatic carbocycles. The lowest BCUT2D eigenvalue weighted by Gasteiger charge is -2.36. The second kappa shape index (κ2) is 5.46. The second-order valence-corrected chi connectivity index (χ2v) is 7.34. The Kier molecular flexibility index (Phi) is 3.51. The maximum Gasteiger partial charge on any atom is 0.327 e. The lowest BCUT2D eigenvalue weighted by Crippen LogP contribution is -2.49. The molecule has 3 aliphatic heterocycles. The highest BCUT2D eigenvalue weighted by atomic mass is 16.2. The highest BCUT2D eigenvalue weighted by Crippen LogP contribution is 2.39. The van der Waals surface area contributed by atoms with Crippen LogP contribution in [0.4, 0.5) is 10.6 Å². The molecule has 128 valence electrons. The number of aromatic nitrogens is 1. The average Bonchev–Trinajstić information content (AvgIpc) is 3.05. The van der Waals surface area contributed by atoms with Crippen LogP contribution in [0.5, 0.6) is 0 Å². The summed E-state index contributed by atoms with van der Waals surface area (Å²) in [5.41, 5.74) is 0.417. The van der Waals surface area contributed by atoms with E-state index in [2.05, 4.69) is 9.88 Å². The molecule has 1 aromatic heterocycles. The quantitative estimate of drug-likeness (QED) is 0.781. The molecule has 4 heterocycles. The van der Waals surface area contributed by atoms with E-state index in [0.29, 0.717) is 6.54 Å². The molecule has 0 bridgehead atoms. The summed E-state index contributed by atoms with van der Waals surface area (Å²) in [6.45, 7) is 6.28. The average molecular weight is 328 g/mol. The molecule has 6 nitrogen and oxygen atoms in total. The van der Waals surface area contributed by atoms with E-state index < -0.39 is 5.54 Å². The smallest absolute Gasteiger partial charge is 0.327 e. The zero-order valence-corrected chi connectivity index (χ0v) is 14.4. The van der Waals surface area contributed by atoms with E-state index >= 15 is 0 Å². The Morgan fingerprint density at radius 2 is 1.92 bits per heavy atom. The fourth-order valence-electron chi connectivity index (χ4n) is 4.35. The molecule has 6 heteroatoms. The molecule has 3 aliphatic rings. The van der Waals surface area contributed by atoms with Crippen molar-refractivity contribution in [3.05, 3.63) is 23.9 Å². The first-order valence-corrected chi connectivity index (χ1v) is 8.84. The first kappa shape index (κ1) is 15.4. The van der Waals surface area contributed by atoms with Gasteiger partial charge in [-0.1, -0.05) is 6.07 Å². The summed E-state index contributed by atoms with van der Waals surface area (Å²) in [6.07, 6.45) is 3.35. The maximum atomic E-state index is 12.9. The van der Waals surface area contributed by atoms with Gasteiger partial charge in [-0.25, -0.2) is 9.78 Å². The van der Waals surface area contributed by atoms with Gasteiger partial charge in [0, 0.05) is 31.4 Å². The number of pyridine rings is 1. The van der Waals surface area contributed by atoms with Crippen molar-refractivity contribution in [2.75, 3.05) is 24.5 Å². The molecule has 3 saturated heterocycles. The molecule has 4 rings (SSSR count). The highest BCUT2D eigenvalue weighted by molar-refractivity contribution is 6.07. The number of rotatable bonds is 2. The molecule has 1 aromatic rings. The Morgan fingerprint density at radius 1 is 1.17 bits per heavy atom. The van der Waals surface area contributed by atoms with Gasteiger partial charge in [0.25, 0.3) is 5.91 Å². The van der Waals surface area contributed by atoms with Crippen LogP contribution in [0.2, 0.25) is 0 Å². The van der Waals surface area contributed by atoms with Gasteiger partial charge in [0.2, 0.25) is 0 Å². The summed E-state index contributed by atoms with van der Waals surface area (Å²) in [6, 6.07) is 5.98. The molecule has 0 aliphatic carbocycles. The Morgan fingerprint density at radius 3 is 2.58 bits per heavy atom. The van der Waals surface area contributed by atoms with Gasteiger partial charge in [-0.3, -0.25) is 9.69 Å². The van der Waals surface area contributed by atoms with E-state index in [4.69, 9.17) is 0 Å². The molecule has 0 unspecified atom stereocenters. The third-order valence-electron chi connectivity index (χ3n) is 5.78. The molecule has 3 amide bonds. The second-order valence-electron chi connectivity index (χ2n) is 7.34. The van der Waals surface area contributed by atoms with Crippen molar-refractivity contribution in [3.63, 3.8) is 0 Å². The van der Waals surface area contributed by atoms with Crippen LogP contribution >= 0.6 is 0 Å². The maximum absolute atomic E-state index is 12.9. The summed E-state index contributed by atoms with van der Waals surface area (Å²) in [5.74, 6) is 0.997. The van der Waals surface area contributed by atoms with Crippen LogP contribution in [0, 0.1) is 6.92 Å². The number of hydrogen-bond donors (Lipinski definition) is 0. The molecule has 0 radical (unpaired) electrons. The highest BCUT2D eigenvalue weighted by Gasteiger charge is 2.58. The van der Waals surface area contributed by atoms with Gasteiger partial charge in [-0.05, 0) is 51.7 Å². The number of anilines is 1. The van der Waals surface area contributed by atoms with Gasteiger partial charge in [0.05, 0.1) is 0 Å². The van der Waals surface area contributed by atoms with Crippen molar-refractivity contribution < 1.29 is 9.59 Å².